The number of hydrogen-bond donors (Lipinski definition) is 1. The summed E-state index contributed by atoms with van der Waals surface area (Å²) in [7, 11) is 0. The first kappa shape index (κ1) is 14.9. The number of rotatable bonds is 2. The Morgan fingerprint density at radius 2 is 1.85 bits per heavy atom. The molecule has 1 heterocycles. The predicted octanol–water partition coefficient (Wildman–Crippen LogP) is 3.42. The number of benzene rings is 1. The second-order valence-electron chi connectivity index (χ2n) is 5.12. The maximum atomic E-state index is 13.7. The first-order valence-electron chi connectivity index (χ1n) is 6.57. The molecular weight excluding hydrogens is 281 g/mol. The lowest BCUT2D eigenvalue weighted by Crippen LogP contribution is -2.38. The van der Waals surface area contributed by atoms with Gasteiger partial charge in [-0.15, -0.1) is 12.4 Å². The molecule has 0 amide bonds. The van der Waals surface area contributed by atoms with Gasteiger partial charge >= 0.3 is 0 Å². The van der Waals surface area contributed by atoms with Gasteiger partial charge in [-0.1, -0.05) is 36.6 Å². The minimum Gasteiger partial charge on any atom is -0.337 e. The van der Waals surface area contributed by atoms with Crippen LogP contribution in [0.2, 0.25) is 0 Å². The lowest BCUT2D eigenvalue weighted by molar-refractivity contribution is 0.220. The van der Waals surface area contributed by atoms with Gasteiger partial charge in [-0.05, 0) is 25.0 Å². The Kier molecular flexibility index (Phi) is 4.40. The van der Waals surface area contributed by atoms with Crippen molar-refractivity contribution in [3.63, 3.8) is 0 Å². The minimum atomic E-state index is -0.547. The van der Waals surface area contributed by atoms with E-state index in [2.05, 4.69) is 10.1 Å². The maximum Gasteiger partial charge on any atom is 0.247 e. The summed E-state index contributed by atoms with van der Waals surface area (Å²) in [5.41, 5.74) is 6.12. The van der Waals surface area contributed by atoms with E-state index in [1.54, 1.807) is 18.2 Å². The summed E-state index contributed by atoms with van der Waals surface area (Å²) < 4.78 is 18.9. The van der Waals surface area contributed by atoms with Crippen molar-refractivity contribution in [2.24, 2.45) is 5.73 Å². The summed E-state index contributed by atoms with van der Waals surface area (Å²) in [6, 6.07) is 6.39. The SMILES string of the molecule is Cl.NC1(c2nc(-c3ccccc3F)no2)CCCCC1. The Morgan fingerprint density at radius 3 is 2.55 bits per heavy atom. The highest BCUT2D eigenvalue weighted by Gasteiger charge is 2.35. The van der Waals surface area contributed by atoms with Crippen LogP contribution in [0.15, 0.2) is 28.8 Å². The summed E-state index contributed by atoms with van der Waals surface area (Å²) in [5.74, 6) is 0.332. The van der Waals surface area contributed by atoms with Crippen molar-refractivity contribution in [1.82, 2.24) is 10.1 Å². The molecule has 0 saturated heterocycles. The number of aromatic nitrogens is 2. The average Bonchev–Trinajstić information content (AvgIpc) is 2.90. The molecular formula is C14H17ClFN3O. The molecule has 6 heteroatoms. The molecule has 2 aromatic rings. The van der Waals surface area contributed by atoms with E-state index in [9.17, 15) is 4.39 Å². The van der Waals surface area contributed by atoms with Crippen LogP contribution >= 0.6 is 12.4 Å². The van der Waals surface area contributed by atoms with E-state index in [1.807, 2.05) is 0 Å². The van der Waals surface area contributed by atoms with Crippen LogP contribution in [0.4, 0.5) is 4.39 Å². The fourth-order valence-electron chi connectivity index (χ4n) is 2.57. The van der Waals surface area contributed by atoms with Crippen LogP contribution in [-0.4, -0.2) is 10.1 Å². The van der Waals surface area contributed by atoms with E-state index in [1.165, 1.54) is 12.5 Å². The average molecular weight is 298 g/mol. The van der Waals surface area contributed by atoms with Crippen molar-refractivity contribution < 1.29 is 8.91 Å². The molecule has 1 aromatic heterocycles. The van der Waals surface area contributed by atoms with Crippen LogP contribution in [0.1, 0.15) is 38.0 Å². The van der Waals surface area contributed by atoms with Crippen molar-refractivity contribution in [2.75, 3.05) is 0 Å². The van der Waals surface area contributed by atoms with Gasteiger partial charge in [0, 0.05) is 0 Å². The minimum absolute atomic E-state index is 0. The van der Waals surface area contributed by atoms with Crippen molar-refractivity contribution in [3.8, 4) is 11.4 Å². The van der Waals surface area contributed by atoms with Crippen LogP contribution in [0, 0.1) is 5.82 Å². The molecule has 20 heavy (non-hydrogen) atoms. The lowest BCUT2D eigenvalue weighted by atomic mass is 9.82. The summed E-state index contributed by atoms with van der Waals surface area (Å²) in [4.78, 5) is 4.29. The Bertz CT molecular complexity index is 581. The maximum absolute atomic E-state index is 13.7. The molecule has 1 aromatic carbocycles. The van der Waals surface area contributed by atoms with Gasteiger partial charge in [-0.3, -0.25) is 0 Å². The molecule has 0 unspecified atom stereocenters. The first-order valence-corrected chi connectivity index (χ1v) is 6.57. The molecule has 3 rings (SSSR count). The highest BCUT2D eigenvalue weighted by molar-refractivity contribution is 5.85. The highest BCUT2D eigenvalue weighted by atomic mass is 35.5. The van der Waals surface area contributed by atoms with Gasteiger partial charge in [0.05, 0.1) is 11.1 Å². The van der Waals surface area contributed by atoms with E-state index in [0.29, 0.717) is 11.5 Å². The van der Waals surface area contributed by atoms with Gasteiger partial charge in [-0.2, -0.15) is 4.98 Å². The second-order valence-corrected chi connectivity index (χ2v) is 5.12. The zero-order chi connectivity index (χ0) is 13.3. The van der Waals surface area contributed by atoms with Crippen LogP contribution in [-0.2, 0) is 5.54 Å². The van der Waals surface area contributed by atoms with E-state index >= 15 is 0 Å². The van der Waals surface area contributed by atoms with Crippen molar-refractivity contribution in [2.45, 2.75) is 37.6 Å². The number of halogens is 2. The Hall–Kier alpha value is -1.46. The lowest BCUT2D eigenvalue weighted by Gasteiger charge is -2.29. The molecule has 0 bridgehead atoms. The summed E-state index contributed by atoms with van der Waals surface area (Å²) >= 11 is 0. The fourth-order valence-corrected chi connectivity index (χ4v) is 2.57. The smallest absolute Gasteiger partial charge is 0.247 e. The molecule has 1 fully saturated rings. The van der Waals surface area contributed by atoms with Gasteiger partial charge in [0.2, 0.25) is 11.7 Å². The van der Waals surface area contributed by atoms with Gasteiger partial charge < -0.3 is 10.3 Å². The molecule has 0 atom stereocenters. The Labute approximate surface area is 123 Å². The van der Waals surface area contributed by atoms with E-state index in [0.717, 1.165) is 25.7 Å². The fraction of sp³-hybridized carbons (Fsp3) is 0.429. The molecule has 0 spiro atoms. The van der Waals surface area contributed by atoms with Crippen LogP contribution in [0.3, 0.4) is 0 Å². The zero-order valence-electron chi connectivity index (χ0n) is 11.0. The van der Waals surface area contributed by atoms with Gasteiger partial charge in [-0.25, -0.2) is 4.39 Å². The monoisotopic (exact) mass is 297 g/mol. The van der Waals surface area contributed by atoms with Crippen molar-refractivity contribution >= 4 is 12.4 Å². The van der Waals surface area contributed by atoms with Crippen molar-refractivity contribution in [1.29, 1.82) is 0 Å². The van der Waals surface area contributed by atoms with Crippen LogP contribution < -0.4 is 5.73 Å². The molecule has 0 radical (unpaired) electrons. The summed E-state index contributed by atoms with van der Waals surface area (Å²) in [6.07, 6.45) is 4.99. The van der Waals surface area contributed by atoms with Crippen LogP contribution in [0.25, 0.3) is 11.4 Å². The molecule has 108 valence electrons. The quantitative estimate of drug-likeness (QED) is 0.922. The zero-order valence-corrected chi connectivity index (χ0v) is 11.8. The molecule has 1 saturated carbocycles. The Morgan fingerprint density at radius 1 is 1.15 bits per heavy atom. The molecule has 0 aliphatic heterocycles. The molecule has 1 aliphatic carbocycles. The molecule has 4 nitrogen and oxygen atoms in total. The van der Waals surface area contributed by atoms with E-state index in [-0.39, 0.29) is 24.0 Å². The van der Waals surface area contributed by atoms with Gasteiger partial charge in [0.15, 0.2) is 0 Å². The second kappa shape index (κ2) is 5.89. The van der Waals surface area contributed by atoms with Gasteiger partial charge in [0.1, 0.15) is 5.82 Å². The molecule has 1 aliphatic rings. The van der Waals surface area contributed by atoms with E-state index in [4.69, 9.17) is 10.3 Å². The van der Waals surface area contributed by atoms with Crippen LogP contribution in [0.5, 0.6) is 0 Å². The van der Waals surface area contributed by atoms with E-state index < -0.39 is 5.54 Å². The molecule has 2 N–H and O–H groups in total. The highest BCUT2D eigenvalue weighted by Crippen LogP contribution is 2.34. The third-order valence-corrected chi connectivity index (χ3v) is 3.71. The standard InChI is InChI=1S/C14H16FN3O.ClH/c15-11-7-3-2-6-10(11)12-17-13(19-18-12)14(16)8-4-1-5-9-14;/h2-3,6-7H,1,4-5,8-9,16H2;1H. The Balaban J connectivity index is 0.00000147. The van der Waals surface area contributed by atoms with Gasteiger partial charge in [0.25, 0.3) is 0 Å². The summed E-state index contributed by atoms with van der Waals surface area (Å²) in [5, 5.41) is 3.86. The topological polar surface area (TPSA) is 64.9 Å². The first-order chi connectivity index (χ1) is 9.19. The third kappa shape index (κ3) is 2.69. The summed E-state index contributed by atoms with van der Waals surface area (Å²) in [6.45, 7) is 0. The largest absolute Gasteiger partial charge is 0.337 e. The normalized spacial score (nSPS) is 17.5. The number of nitrogens with zero attached hydrogens (tertiary/aromatic N) is 2. The third-order valence-electron chi connectivity index (χ3n) is 3.71. The number of hydrogen-bond acceptors (Lipinski definition) is 4. The van der Waals surface area contributed by atoms with Crippen molar-refractivity contribution in [3.05, 3.63) is 36.0 Å². The number of nitrogens with two attached hydrogens (primary N) is 1. The predicted molar refractivity (Wildman–Crippen MR) is 75.9 cm³/mol.